The Hall–Kier alpha value is -2.09. The molecule has 3 aliphatic rings. The molecule has 1 spiro atoms. The summed E-state index contributed by atoms with van der Waals surface area (Å²) in [5, 5.41) is 3.38. The predicted molar refractivity (Wildman–Crippen MR) is 93.9 cm³/mol. The van der Waals surface area contributed by atoms with Crippen molar-refractivity contribution < 1.29 is 9.53 Å². The summed E-state index contributed by atoms with van der Waals surface area (Å²) in [5.41, 5.74) is 12.2. The monoisotopic (exact) mass is 346 g/mol. The first-order valence-electron chi connectivity index (χ1n) is 9.14. The quantitative estimate of drug-likeness (QED) is 0.706. The van der Waals surface area contributed by atoms with Crippen molar-refractivity contribution in [3.63, 3.8) is 0 Å². The summed E-state index contributed by atoms with van der Waals surface area (Å²) in [4.78, 5) is 22.8. The largest absolute Gasteiger partial charge is 0.470 e. The van der Waals surface area contributed by atoms with Gasteiger partial charge in [0.1, 0.15) is 11.4 Å². The van der Waals surface area contributed by atoms with E-state index < -0.39 is 0 Å². The first kappa shape index (κ1) is 16.4. The number of nitrogens with zero attached hydrogens (tertiary/aromatic N) is 3. The van der Waals surface area contributed by atoms with Gasteiger partial charge < -0.3 is 26.4 Å². The third-order valence-electron chi connectivity index (χ3n) is 5.72. The highest BCUT2D eigenvalue weighted by Gasteiger charge is 2.44. The number of ether oxygens (including phenoxy) is 1. The fourth-order valence-electron chi connectivity index (χ4n) is 4.23. The molecule has 4 rings (SSSR count). The lowest BCUT2D eigenvalue weighted by Gasteiger charge is -2.39. The molecule has 1 amide bonds. The van der Waals surface area contributed by atoms with Gasteiger partial charge in [0.05, 0.1) is 5.56 Å². The van der Waals surface area contributed by atoms with Gasteiger partial charge in [0.15, 0.2) is 0 Å². The van der Waals surface area contributed by atoms with Crippen LogP contribution in [0.1, 0.15) is 37.7 Å². The molecule has 3 aliphatic heterocycles. The van der Waals surface area contributed by atoms with Gasteiger partial charge in [0, 0.05) is 38.8 Å². The summed E-state index contributed by atoms with van der Waals surface area (Å²) in [5.74, 6) is 1.80. The molecular formula is C17H26N6O2. The first-order valence-corrected chi connectivity index (χ1v) is 9.14. The molecule has 0 aromatic carbocycles. The van der Waals surface area contributed by atoms with Gasteiger partial charge in [-0.15, -0.1) is 0 Å². The summed E-state index contributed by atoms with van der Waals surface area (Å²) < 4.78 is 6.12. The molecule has 0 bridgehead atoms. The minimum absolute atomic E-state index is 0.141. The topological polar surface area (TPSA) is 119 Å². The fourth-order valence-corrected chi connectivity index (χ4v) is 4.23. The van der Waals surface area contributed by atoms with Crippen molar-refractivity contribution in [2.24, 2.45) is 5.92 Å². The van der Waals surface area contributed by atoms with E-state index in [1.54, 1.807) is 0 Å². The molecule has 25 heavy (non-hydrogen) atoms. The number of nitrogens with two attached hydrogens (primary N) is 2. The Morgan fingerprint density at radius 3 is 2.84 bits per heavy atom. The van der Waals surface area contributed by atoms with Crippen molar-refractivity contribution in [1.29, 1.82) is 0 Å². The number of fused-ring (bicyclic) bond motifs is 1. The van der Waals surface area contributed by atoms with Crippen molar-refractivity contribution in [2.75, 3.05) is 37.6 Å². The number of amides is 1. The molecule has 8 nitrogen and oxygen atoms in total. The van der Waals surface area contributed by atoms with Crippen molar-refractivity contribution >= 4 is 17.7 Å². The molecule has 0 aliphatic carbocycles. The Bertz CT molecular complexity index is 665. The van der Waals surface area contributed by atoms with E-state index in [2.05, 4.69) is 15.3 Å². The van der Waals surface area contributed by atoms with Crippen LogP contribution in [0.5, 0.6) is 5.88 Å². The number of hydrogen-bond donors (Lipinski definition) is 3. The third-order valence-corrected chi connectivity index (χ3v) is 5.72. The molecule has 4 heterocycles. The predicted octanol–water partition coefficient (Wildman–Crippen LogP) is 0.327. The zero-order valence-electron chi connectivity index (χ0n) is 14.5. The standard InChI is InChI=1S/C17H26N6O2/c18-14-12-9-17(25-15(12)22-16(19)21-14)3-6-23(7-4-17)13(24)8-11-2-1-5-20-10-11/h11,20H,1-10H2,(H4,18,19,21,22)/t11-/m0/s1. The molecule has 5 N–H and O–H groups in total. The molecule has 0 radical (unpaired) electrons. The Morgan fingerprint density at radius 1 is 1.32 bits per heavy atom. The lowest BCUT2D eigenvalue weighted by molar-refractivity contribution is -0.135. The minimum Gasteiger partial charge on any atom is -0.470 e. The average Bonchev–Trinajstić information content (AvgIpc) is 2.94. The summed E-state index contributed by atoms with van der Waals surface area (Å²) in [7, 11) is 0. The van der Waals surface area contributed by atoms with Crippen LogP contribution >= 0.6 is 0 Å². The maximum atomic E-state index is 12.6. The molecule has 1 aromatic heterocycles. The van der Waals surface area contributed by atoms with Crippen LogP contribution in [0.2, 0.25) is 0 Å². The number of carbonyl (C=O) groups is 1. The number of hydrogen-bond acceptors (Lipinski definition) is 7. The molecule has 8 heteroatoms. The van der Waals surface area contributed by atoms with Crippen molar-refractivity contribution in [3.05, 3.63) is 5.56 Å². The fraction of sp³-hybridized carbons (Fsp3) is 0.706. The molecule has 2 saturated heterocycles. The summed E-state index contributed by atoms with van der Waals surface area (Å²) >= 11 is 0. The molecule has 2 fully saturated rings. The Kier molecular flexibility index (Phi) is 4.15. The normalized spacial score (nSPS) is 24.8. The molecule has 1 aromatic rings. The van der Waals surface area contributed by atoms with Gasteiger partial charge in [-0.1, -0.05) is 0 Å². The number of nitrogens with one attached hydrogen (secondary N) is 1. The van der Waals surface area contributed by atoms with Gasteiger partial charge in [-0.3, -0.25) is 4.79 Å². The van der Waals surface area contributed by atoms with Gasteiger partial charge in [0.2, 0.25) is 17.7 Å². The van der Waals surface area contributed by atoms with Crippen LogP contribution in [-0.4, -0.2) is 52.6 Å². The van der Waals surface area contributed by atoms with Crippen LogP contribution in [0.25, 0.3) is 0 Å². The van der Waals surface area contributed by atoms with Crippen molar-refractivity contribution in [3.8, 4) is 5.88 Å². The number of aromatic nitrogens is 2. The molecule has 0 saturated carbocycles. The van der Waals surface area contributed by atoms with Crippen LogP contribution < -0.4 is 21.5 Å². The highest BCUT2D eigenvalue weighted by molar-refractivity contribution is 5.76. The number of carbonyl (C=O) groups excluding carboxylic acids is 1. The minimum atomic E-state index is -0.317. The van der Waals surface area contributed by atoms with E-state index in [9.17, 15) is 4.79 Å². The smallest absolute Gasteiger partial charge is 0.225 e. The number of rotatable bonds is 2. The molecule has 136 valence electrons. The summed E-state index contributed by atoms with van der Waals surface area (Å²) in [6.45, 7) is 3.47. The van der Waals surface area contributed by atoms with E-state index in [-0.39, 0.29) is 17.5 Å². The zero-order valence-corrected chi connectivity index (χ0v) is 14.5. The van der Waals surface area contributed by atoms with E-state index in [1.165, 1.54) is 6.42 Å². The lowest BCUT2D eigenvalue weighted by atomic mass is 9.86. The van der Waals surface area contributed by atoms with Crippen LogP contribution in [0, 0.1) is 5.92 Å². The number of anilines is 2. The number of piperidine rings is 2. The maximum Gasteiger partial charge on any atom is 0.225 e. The lowest BCUT2D eigenvalue weighted by Crippen LogP contribution is -2.49. The summed E-state index contributed by atoms with van der Waals surface area (Å²) in [6.07, 6.45) is 5.24. The van der Waals surface area contributed by atoms with Gasteiger partial charge >= 0.3 is 0 Å². The van der Waals surface area contributed by atoms with E-state index in [1.807, 2.05) is 4.90 Å². The highest BCUT2D eigenvalue weighted by Crippen LogP contribution is 2.42. The first-order chi connectivity index (χ1) is 12.0. The summed E-state index contributed by atoms with van der Waals surface area (Å²) in [6, 6.07) is 0. The van der Waals surface area contributed by atoms with E-state index in [4.69, 9.17) is 16.2 Å². The Morgan fingerprint density at radius 2 is 2.12 bits per heavy atom. The highest BCUT2D eigenvalue weighted by atomic mass is 16.5. The average molecular weight is 346 g/mol. The second-order valence-electron chi connectivity index (χ2n) is 7.51. The Balaban J connectivity index is 1.35. The van der Waals surface area contributed by atoms with E-state index in [0.717, 1.165) is 51.0 Å². The van der Waals surface area contributed by atoms with Gasteiger partial charge in [-0.2, -0.15) is 9.97 Å². The van der Waals surface area contributed by atoms with E-state index >= 15 is 0 Å². The number of likely N-dealkylation sites (tertiary alicyclic amines) is 1. The number of nitrogen functional groups attached to an aromatic ring is 2. The molecule has 1 atom stereocenters. The second-order valence-corrected chi connectivity index (χ2v) is 7.51. The van der Waals surface area contributed by atoms with Crippen molar-refractivity contribution in [1.82, 2.24) is 20.2 Å². The van der Waals surface area contributed by atoms with Crippen molar-refractivity contribution in [2.45, 2.75) is 44.1 Å². The van der Waals surface area contributed by atoms with Crippen LogP contribution in [0.15, 0.2) is 0 Å². The second kappa shape index (κ2) is 6.33. The van der Waals surface area contributed by atoms with E-state index in [0.29, 0.717) is 30.5 Å². The van der Waals surface area contributed by atoms with Crippen LogP contribution in [-0.2, 0) is 11.2 Å². The molecular weight excluding hydrogens is 320 g/mol. The third kappa shape index (κ3) is 3.22. The van der Waals surface area contributed by atoms with Crippen LogP contribution in [0.4, 0.5) is 11.8 Å². The van der Waals surface area contributed by atoms with Gasteiger partial charge in [-0.05, 0) is 31.8 Å². The maximum absolute atomic E-state index is 12.6. The van der Waals surface area contributed by atoms with Crippen LogP contribution in [0.3, 0.4) is 0 Å². The molecule has 0 unspecified atom stereocenters. The SMILES string of the molecule is Nc1nc(N)c2c(n1)OC1(CCN(C(=O)C[C@@H]3CCCNC3)CC1)C2. The van der Waals surface area contributed by atoms with Gasteiger partial charge in [-0.25, -0.2) is 0 Å². The Labute approximate surface area is 147 Å². The zero-order chi connectivity index (χ0) is 17.4. The van der Waals surface area contributed by atoms with Gasteiger partial charge in [0.25, 0.3) is 0 Å².